The molecule has 88 valence electrons. The third kappa shape index (κ3) is 4.18. The molecular weight excluding hydrogens is 192 g/mol. The molecule has 1 fully saturated rings. The van der Waals surface area contributed by atoms with Crippen LogP contribution in [0.1, 0.15) is 32.6 Å². The predicted octanol–water partition coefficient (Wildman–Crippen LogP) is 0.655. The number of carbonyl (C=O) groups excluding carboxylic acids is 1. The van der Waals surface area contributed by atoms with Gasteiger partial charge in [-0.2, -0.15) is 0 Å². The van der Waals surface area contributed by atoms with Crippen LogP contribution in [0.2, 0.25) is 0 Å². The smallest absolute Gasteiger partial charge is 0.236 e. The van der Waals surface area contributed by atoms with E-state index < -0.39 is 6.04 Å². The van der Waals surface area contributed by atoms with Crippen LogP contribution < -0.4 is 11.1 Å². The van der Waals surface area contributed by atoms with Gasteiger partial charge < -0.3 is 15.8 Å². The summed E-state index contributed by atoms with van der Waals surface area (Å²) < 4.78 is 5.30. The third-order valence-electron chi connectivity index (χ3n) is 3.11. The SMILES string of the molecule is COC1CCC(CNC(=O)C(C)N)CC1. The van der Waals surface area contributed by atoms with E-state index in [-0.39, 0.29) is 5.91 Å². The van der Waals surface area contributed by atoms with Crippen molar-refractivity contribution in [3.8, 4) is 0 Å². The van der Waals surface area contributed by atoms with E-state index in [4.69, 9.17) is 10.5 Å². The molecule has 3 N–H and O–H groups in total. The van der Waals surface area contributed by atoms with Gasteiger partial charge in [0.05, 0.1) is 12.1 Å². The lowest BCUT2D eigenvalue weighted by Gasteiger charge is -2.27. The van der Waals surface area contributed by atoms with E-state index in [1.807, 2.05) is 0 Å². The van der Waals surface area contributed by atoms with Crippen molar-refractivity contribution in [2.45, 2.75) is 44.8 Å². The van der Waals surface area contributed by atoms with Crippen LogP contribution in [0.3, 0.4) is 0 Å². The van der Waals surface area contributed by atoms with E-state index >= 15 is 0 Å². The first-order valence-corrected chi connectivity index (χ1v) is 5.69. The summed E-state index contributed by atoms with van der Waals surface area (Å²) in [6, 6.07) is -0.402. The predicted molar refractivity (Wildman–Crippen MR) is 59.4 cm³/mol. The average molecular weight is 214 g/mol. The molecule has 15 heavy (non-hydrogen) atoms. The van der Waals surface area contributed by atoms with Gasteiger partial charge in [-0.15, -0.1) is 0 Å². The molecule has 0 radical (unpaired) electrons. The number of ether oxygens (including phenoxy) is 1. The molecule has 1 rings (SSSR count). The maximum absolute atomic E-state index is 11.2. The third-order valence-corrected chi connectivity index (χ3v) is 3.11. The Morgan fingerprint density at radius 3 is 2.53 bits per heavy atom. The van der Waals surface area contributed by atoms with E-state index in [1.165, 1.54) is 0 Å². The molecule has 0 aromatic heterocycles. The molecule has 0 spiro atoms. The number of rotatable bonds is 4. The molecule has 1 saturated carbocycles. The highest BCUT2D eigenvalue weighted by Gasteiger charge is 2.21. The molecule has 0 aromatic rings. The maximum Gasteiger partial charge on any atom is 0.236 e. The highest BCUT2D eigenvalue weighted by molar-refractivity contribution is 5.80. The molecular formula is C11H22N2O2. The number of carbonyl (C=O) groups is 1. The number of hydrogen-bond acceptors (Lipinski definition) is 3. The molecule has 1 unspecified atom stereocenters. The first-order valence-electron chi connectivity index (χ1n) is 5.69. The van der Waals surface area contributed by atoms with Crippen LogP contribution in [-0.2, 0) is 9.53 Å². The highest BCUT2D eigenvalue weighted by atomic mass is 16.5. The minimum atomic E-state index is -0.402. The summed E-state index contributed by atoms with van der Waals surface area (Å²) in [6.45, 7) is 2.47. The highest BCUT2D eigenvalue weighted by Crippen LogP contribution is 2.25. The number of amides is 1. The summed E-state index contributed by atoms with van der Waals surface area (Å²) in [7, 11) is 1.77. The molecule has 0 aromatic carbocycles. The van der Waals surface area contributed by atoms with Crippen LogP contribution in [0.4, 0.5) is 0 Å². The van der Waals surface area contributed by atoms with E-state index in [0.717, 1.165) is 32.2 Å². The Hall–Kier alpha value is -0.610. The van der Waals surface area contributed by atoms with Gasteiger partial charge in [-0.1, -0.05) is 0 Å². The van der Waals surface area contributed by atoms with E-state index in [0.29, 0.717) is 12.0 Å². The minimum absolute atomic E-state index is 0.0520. The second kappa shape index (κ2) is 6.08. The van der Waals surface area contributed by atoms with Gasteiger partial charge in [0.15, 0.2) is 0 Å². The van der Waals surface area contributed by atoms with Crippen LogP contribution in [0.15, 0.2) is 0 Å². The first kappa shape index (κ1) is 12.5. The lowest BCUT2D eigenvalue weighted by atomic mass is 9.87. The van der Waals surface area contributed by atoms with Crippen LogP contribution in [-0.4, -0.2) is 31.7 Å². The summed E-state index contributed by atoms with van der Waals surface area (Å²) in [5.41, 5.74) is 5.46. The largest absolute Gasteiger partial charge is 0.381 e. The van der Waals surface area contributed by atoms with E-state index in [1.54, 1.807) is 14.0 Å². The Morgan fingerprint density at radius 2 is 2.07 bits per heavy atom. The van der Waals surface area contributed by atoms with Crippen molar-refractivity contribution in [2.75, 3.05) is 13.7 Å². The second-order valence-electron chi connectivity index (χ2n) is 4.41. The summed E-state index contributed by atoms with van der Waals surface area (Å²) in [5.74, 6) is 0.544. The number of methoxy groups -OCH3 is 1. The number of nitrogens with one attached hydrogen (secondary N) is 1. The molecule has 4 nitrogen and oxygen atoms in total. The fraction of sp³-hybridized carbons (Fsp3) is 0.909. The Morgan fingerprint density at radius 1 is 1.47 bits per heavy atom. The first-order chi connectivity index (χ1) is 7.13. The molecule has 1 aliphatic rings. The summed E-state index contributed by atoms with van der Waals surface area (Å²) in [6.07, 6.45) is 4.91. The quantitative estimate of drug-likeness (QED) is 0.722. The second-order valence-corrected chi connectivity index (χ2v) is 4.41. The molecule has 1 amide bonds. The molecule has 0 aliphatic heterocycles. The van der Waals surface area contributed by atoms with Crippen molar-refractivity contribution >= 4 is 5.91 Å². The number of hydrogen-bond donors (Lipinski definition) is 2. The lowest BCUT2D eigenvalue weighted by Crippen LogP contribution is -2.41. The van der Waals surface area contributed by atoms with Crippen molar-refractivity contribution < 1.29 is 9.53 Å². The Bertz CT molecular complexity index is 199. The summed E-state index contributed by atoms with van der Waals surface area (Å²) in [4.78, 5) is 11.2. The van der Waals surface area contributed by atoms with Gasteiger partial charge in [-0.05, 0) is 38.5 Å². The fourth-order valence-electron chi connectivity index (χ4n) is 1.98. The van der Waals surface area contributed by atoms with Crippen molar-refractivity contribution in [1.82, 2.24) is 5.32 Å². The van der Waals surface area contributed by atoms with Crippen LogP contribution >= 0.6 is 0 Å². The van der Waals surface area contributed by atoms with Crippen molar-refractivity contribution in [3.63, 3.8) is 0 Å². The topological polar surface area (TPSA) is 64.3 Å². The fourth-order valence-corrected chi connectivity index (χ4v) is 1.98. The van der Waals surface area contributed by atoms with Gasteiger partial charge in [0, 0.05) is 13.7 Å². The molecule has 0 bridgehead atoms. The monoisotopic (exact) mass is 214 g/mol. The zero-order valence-electron chi connectivity index (χ0n) is 9.66. The van der Waals surface area contributed by atoms with Gasteiger partial charge in [-0.3, -0.25) is 4.79 Å². The zero-order chi connectivity index (χ0) is 11.3. The van der Waals surface area contributed by atoms with Crippen molar-refractivity contribution in [3.05, 3.63) is 0 Å². The molecule has 1 atom stereocenters. The van der Waals surface area contributed by atoms with Gasteiger partial charge in [0.25, 0.3) is 0 Å². The van der Waals surface area contributed by atoms with Crippen LogP contribution in [0.25, 0.3) is 0 Å². The average Bonchev–Trinajstić information content (AvgIpc) is 2.26. The maximum atomic E-state index is 11.2. The van der Waals surface area contributed by atoms with Gasteiger partial charge in [0.2, 0.25) is 5.91 Å². The minimum Gasteiger partial charge on any atom is -0.381 e. The Labute approximate surface area is 91.5 Å². The molecule has 4 heteroatoms. The summed E-state index contributed by atoms with van der Waals surface area (Å²) >= 11 is 0. The number of nitrogens with two attached hydrogens (primary N) is 1. The normalized spacial score (nSPS) is 28.5. The van der Waals surface area contributed by atoms with E-state index in [9.17, 15) is 4.79 Å². The van der Waals surface area contributed by atoms with Crippen molar-refractivity contribution in [1.29, 1.82) is 0 Å². The zero-order valence-corrected chi connectivity index (χ0v) is 9.66. The standard InChI is InChI=1S/C11H22N2O2/c1-8(12)11(14)13-7-9-3-5-10(15-2)6-4-9/h8-10H,3-7,12H2,1-2H3,(H,13,14). The summed E-state index contributed by atoms with van der Waals surface area (Å²) in [5, 5.41) is 2.88. The van der Waals surface area contributed by atoms with Crippen molar-refractivity contribution in [2.24, 2.45) is 11.7 Å². The van der Waals surface area contributed by atoms with Gasteiger partial charge in [0.1, 0.15) is 0 Å². The van der Waals surface area contributed by atoms with Crippen LogP contribution in [0, 0.1) is 5.92 Å². The molecule has 0 heterocycles. The lowest BCUT2D eigenvalue weighted by molar-refractivity contribution is -0.122. The Kier molecular flexibility index (Phi) is 5.05. The Balaban J connectivity index is 2.16. The van der Waals surface area contributed by atoms with Crippen LogP contribution in [0.5, 0.6) is 0 Å². The van der Waals surface area contributed by atoms with Gasteiger partial charge >= 0.3 is 0 Å². The van der Waals surface area contributed by atoms with Gasteiger partial charge in [-0.25, -0.2) is 0 Å². The molecule has 0 saturated heterocycles. The van der Waals surface area contributed by atoms with E-state index in [2.05, 4.69) is 5.32 Å². The molecule has 1 aliphatic carbocycles.